The van der Waals surface area contributed by atoms with E-state index >= 15 is 0 Å². The molecule has 0 spiro atoms. The van der Waals surface area contributed by atoms with E-state index in [1.165, 1.54) is 38.5 Å². The normalized spacial score (nSPS) is 29.7. The van der Waals surface area contributed by atoms with Crippen molar-refractivity contribution in [3.05, 3.63) is 0 Å². The van der Waals surface area contributed by atoms with Gasteiger partial charge in [0.05, 0.1) is 6.04 Å². The lowest BCUT2D eigenvalue weighted by molar-refractivity contribution is -0.126. The number of nitrogens with one attached hydrogen (secondary N) is 1. The van der Waals surface area contributed by atoms with Crippen LogP contribution in [0.25, 0.3) is 0 Å². The first-order chi connectivity index (χ1) is 7.38. The predicted molar refractivity (Wildman–Crippen MR) is 61.8 cm³/mol. The number of rotatable bonds is 2. The summed E-state index contributed by atoms with van der Waals surface area (Å²) in [6, 6.07) is 0.190. The van der Waals surface area contributed by atoms with Crippen molar-refractivity contribution in [3.8, 4) is 0 Å². The van der Waals surface area contributed by atoms with E-state index in [0.29, 0.717) is 11.7 Å². The highest BCUT2D eigenvalue weighted by Crippen LogP contribution is 2.26. The van der Waals surface area contributed by atoms with Gasteiger partial charge in [0.25, 0.3) is 0 Å². The number of hydrogen-bond acceptors (Lipinski definition) is 2. The molecule has 1 aliphatic carbocycles. The third kappa shape index (κ3) is 3.04. The van der Waals surface area contributed by atoms with Gasteiger partial charge in [0.2, 0.25) is 0 Å². The van der Waals surface area contributed by atoms with Gasteiger partial charge >= 0.3 is 0 Å². The number of ketones is 1. The van der Waals surface area contributed by atoms with E-state index in [1.807, 2.05) is 0 Å². The predicted octanol–water partition coefficient (Wildman–Crippen LogP) is 2.67. The SMILES string of the molecule is O=C(C1CCCCC1)C1CCCCCN1. The molecule has 0 radical (unpaired) electrons. The Morgan fingerprint density at radius 3 is 2.33 bits per heavy atom. The van der Waals surface area contributed by atoms with Gasteiger partial charge in [-0.05, 0) is 32.2 Å². The van der Waals surface area contributed by atoms with Crippen molar-refractivity contribution in [2.24, 2.45) is 5.92 Å². The molecule has 0 aromatic rings. The summed E-state index contributed by atoms with van der Waals surface area (Å²) in [7, 11) is 0. The van der Waals surface area contributed by atoms with Gasteiger partial charge in [-0.25, -0.2) is 0 Å². The van der Waals surface area contributed by atoms with Crippen molar-refractivity contribution in [3.63, 3.8) is 0 Å². The van der Waals surface area contributed by atoms with E-state index in [2.05, 4.69) is 5.32 Å². The topological polar surface area (TPSA) is 29.1 Å². The molecule has 0 aromatic carbocycles. The third-order valence-corrected chi connectivity index (χ3v) is 3.91. The molecule has 15 heavy (non-hydrogen) atoms. The number of Topliss-reactive ketones (excluding diaryl/α,β-unsaturated/α-hetero) is 1. The summed E-state index contributed by atoms with van der Waals surface area (Å²) in [6.07, 6.45) is 11.0. The van der Waals surface area contributed by atoms with Crippen LogP contribution >= 0.6 is 0 Å². The first kappa shape index (κ1) is 11.1. The Labute approximate surface area is 92.8 Å². The maximum absolute atomic E-state index is 12.2. The molecule has 86 valence electrons. The summed E-state index contributed by atoms with van der Waals surface area (Å²) in [5.74, 6) is 0.908. The standard InChI is InChI=1S/C13H23NO/c15-13(11-7-3-1-4-8-11)12-9-5-2-6-10-14-12/h11-12,14H,1-10H2. The summed E-state index contributed by atoms with van der Waals surface area (Å²) >= 11 is 0. The second-order valence-corrected chi connectivity index (χ2v) is 5.09. The number of carbonyl (C=O) groups is 1. The highest BCUT2D eigenvalue weighted by atomic mass is 16.1. The zero-order valence-corrected chi connectivity index (χ0v) is 9.63. The fourth-order valence-corrected chi connectivity index (χ4v) is 2.94. The van der Waals surface area contributed by atoms with E-state index in [1.54, 1.807) is 0 Å². The van der Waals surface area contributed by atoms with Gasteiger partial charge in [-0.15, -0.1) is 0 Å². The van der Waals surface area contributed by atoms with Crippen molar-refractivity contribution in [2.75, 3.05) is 6.54 Å². The van der Waals surface area contributed by atoms with Gasteiger partial charge in [-0.1, -0.05) is 32.1 Å². The molecule has 1 heterocycles. The monoisotopic (exact) mass is 209 g/mol. The number of carbonyl (C=O) groups excluding carboxylic acids is 1. The van der Waals surface area contributed by atoms with Crippen LogP contribution in [0, 0.1) is 5.92 Å². The van der Waals surface area contributed by atoms with E-state index in [9.17, 15) is 4.79 Å². The average Bonchev–Trinajstić information content (AvgIpc) is 2.58. The van der Waals surface area contributed by atoms with Crippen LogP contribution in [-0.2, 0) is 4.79 Å². The number of hydrogen-bond donors (Lipinski definition) is 1. The van der Waals surface area contributed by atoms with Gasteiger partial charge in [0.1, 0.15) is 0 Å². The minimum Gasteiger partial charge on any atom is -0.307 e. The molecule has 2 nitrogen and oxygen atoms in total. The Morgan fingerprint density at radius 1 is 0.867 bits per heavy atom. The minimum atomic E-state index is 0.190. The van der Waals surface area contributed by atoms with Crippen LogP contribution < -0.4 is 5.32 Å². The van der Waals surface area contributed by atoms with Crippen molar-refractivity contribution < 1.29 is 4.79 Å². The third-order valence-electron chi connectivity index (χ3n) is 3.91. The van der Waals surface area contributed by atoms with Crippen molar-refractivity contribution in [2.45, 2.75) is 63.8 Å². The van der Waals surface area contributed by atoms with Crippen molar-refractivity contribution >= 4 is 5.78 Å². The minimum absolute atomic E-state index is 0.190. The van der Waals surface area contributed by atoms with Gasteiger partial charge in [-0.2, -0.15) is 0 Å². The van der Waals surface area contributed by atoms with Crippen molar-refractivity contribution in [1.29, 1.82) is 0 Å². The van der Waals surface area contributed by atoms with Crippen LogP contribution in [0.15, 0.2) is 0 Å². The molecule has 1 unspecified atom stereocenters. The molecule has 0 bridgehead atoms. The first-order valence-corrected chi connectivity index (χ1v) is 6.65. The smallest absolute Gasteiger partial charge is 0.152 e. The molecule has 2 rings (SSSR count). The van der Waals surface area contributed by atoms with E-state index in [-0.39, 0.29) is 6.04 Å². The summed E-state index contributed by atoms with van der Waals surface area (Å²) in [5, 5.41) is 3.43. The van der Waals surface area contributed by atoms with Crippen LogP contribution in [-0.4, -0.2) is 18.4 Å². The maximum atomic E-state index is 12.2. The fraction of sp³-hybridized carbons (Fsp3) is 0.923. The van der Waals surface area contributed by atoms with Crippen LogP contribution in [0.2, 0.25) is 0 Å². The first-order valence-electron chi connectivity index (χ1n) is 6.65. The largest absolute Gasteiger partial charge is 0.307 e. The molecular weight excluding hydrogens is 186 g/mol. The Balaban J connectivity index is 1.87. The summed E-state index contributed by atoms with van der Waals surface area (Å²) in [5.41, 5.74) is 0. The molecular formula is C13H23NO. The van der Waals surface area contributed by atoms with Gasteiger partial charge < -0.3 is 5.32 Å². The lowest BCUT2D eigenvalue weighted by atomic mass is 9.83. The molecule has 2 fully saturated rings. The van der Waals surface area contributed by atoms with Gasteiger partial charge in [-0.3, -0.25) is 4.79 Å². The van der Waals surface area contributed by atoms with Gasteiger partial charge in [0, 0.05) is 5.92 Å². The van der Waals surface area contributed by atoms with E-state index in [4.69, 9.17) is 0 Å². The summed E-state index contributed by atoms with van der Waals surface area (Å²) in [6.45, 7) is 1.04. The van der Waals surface area contributed by atoms with Crippen LogP contribution in [0.3, 0.4) is 0 Å². The Hall–Kier alpha value is -0.370. The molecule has 1 saturated heterocycles. The lowest BCUT2D eigenvalue weighted by Crippen LogP contribution is -2.40. The van der Waals surface area contributed by atoms with Crippen LogP contribution in [0.5, 0.6) is 0 Å². The fourth-order valence-electron chi connectivity index (χ4n) is 2.94. The average molecular weight is 209 g/mol. The quantitative estimate of drug-likeness (QED) is 0.757. The lowest BCUT2D eigenvalue weighted by Gasteiger charge is -2.25. The molecule has 2 aliphatic rings. The second kappa shape index (κ2) is 5.64. The highest BCUT2D eigenvalue weighted by Gasteiger charge is 2.28. The molecule has 1 N–H and O–H groups in total. The molecule has 1 saturated carbocycles. The maximum Gasteiger partial charge on any atom is 0.152 e. The van der Waals surface area contributed by atoms with Gasteiger partial charge in [0.15, 0.2) is 5.78 Å². The Kier molecular flexibility index (Phi) is 4.18. The second-order valence-electron chi connectivity index (χ2n) is 5.09. The molecule has 2 heteroatoms. The highest BCUT2D eigenvalue weighted by molar-refractivity contribution is 5.86. The zero-order chi connectivity index (χ0) is 10.5. The Bertz CT molecular complexity index is 201. The van der Waals surface area contributed by atoms with E-state index in [0.717, 1.165) is 25.8 Å². The van der Waals surface area contributed by atoms with E-state index < -0.39 is 0 Å². The molecule has 1 atom stereocenters. The summed E-state index contributed by atoms with van der Waals surface area (Å²) < 4.78 is 0. The Morgan fingerprint density at radius 2 is 1.53 bits per heavy atom. The zero-order valence-electron chi connectivity index (χ0n) is 9.63. The molecule has 0 amide bonds. The van der Waals surface area contributed by atoms with Crippen molar-refractivity contribution in [1.82, 2.24) is 5.32 Å². The summed E-state index contributed by atoms with van der Waals surface area (Å²) in [4.78, 5) is 12.2. The molecule has 0 aromatic heterocycles. The van der Waals surface area contributed by atoms with Crippen LogP contribution in [0.4, 0.5) is 0 Å². The molecule has 1 aliphatic heterocycles. The van der Waals surface area contributed by atoms with Crippen LogP contribution in [0.1, 0.15) is 57.8 Å².